The van der Waals surface area contributed by atoms with E-state index >= 15 is 0 Å². The van der Waals surface area contributed by atoms with Gasteiger partial charge >= 0.3 is 0 Å². The lowest BCUT2D eigenvalue weighted by Crippen LogP contribution is -2.52. The van der Waals surface area contributed by atoms with Crippen molar-refractivity contribution in [3.05, 3.63) is 42.3 Å². The molecule has 0 aromatic carbocycles. The average Bonchev–Trinajstić information content (AvgIpc) is 3.43. The molecule has 170 valence electrons. The van der Waals surface area contributed by atoms with E-state index in [1.807, 2.05) is 41.8 Å². The molecule has 1 aliphatic rings. The zero-order chi connectivity index (χ0) is 23.5. The van der Waals surface area contributed by atoms with Gasteiger partial charge in [-0.3, -0.25) is 9.67 Å². The van der Waals surface area contributed by atoms with Crippen molar-refractivity contribution in [2.45, 2.75) is 44.5 Å². The van der Waals surface area contributed by atoms with Crippen molar-refractivity contribution in [1.29, 1.82) is 0 Å². The summed E-state index contributed by atoms with van der Waals surface area (Å²) in [6.07, 6.45) is 6.93. The SMILES string of the molecule is BC(B)(C1CC(F)(F)C1)n1cc(-c2cnn(CCF)c2)c2ncc(-c3c(C)noc3C)cc21. The Bertz CT molecular complexity index is 1320. The van der Waals surface area contributed by atoms with E-state index in [2.05, 4.69) is 14.8 Å². The van der Waals surface area contributed by atoms with E-state index < -0.39 is 17.9 Å². The van der Waals surface area contributed by atoms with Gasteiger partial charge in [-0.1, -0.05) is 5.16 Å². The third-order valence-corrected chi connectivity index (χ3v) is 6.93. The van der Waals surface area contributed by atoms with Gasteiger partial charge < -0.3 is 9.09 Å². The Kier molecular flexibility index (Phi) is 4.99. The Labute approximate surface area is 191 Å². The van der Waals surface area contributed by atoms with Gasteiger partial charge in [0.15, 0.2) is 0 Å². The number of aromatic nitrogens is 5. The Morgan fingerprint density at radius 2 is 1.94 bits per heavy atom. The number of pyridine rings is 1. The quantitative estimate of drug-likeness (QED) is 0.422. The topological polar surface area (TPSA) is 61.7 Å². The van der Waals surface area contributed by atoms with Crippen LogP contribution in [0.25, 0.3) is 33.3 Å². The lowest BCUT2D eigenvalue weighted by Gasteiger charge is -2.46. The minimum Gasteiger partial charge on any atom is -0.361 e. The number of hydrogen-bond donors (Lipinski definition) is 0. The molecule has 0 bridgehead atoms. The highest BCUT2D eigenvalue weighted by molar-refractivity contribution is 6.38. The lowest BCUT2D eigenvalue weighted by molar-refractivity contribution is -0.120. The van der Waals surface area contributed by atoms with Crippen molar-refractivity contribution in [2.24, 2.45) is 5.92 Å². The van der Waals surface area contributed by atoms with Crippen LogP contribution in [0.4, 0.5) is 13.2 Å². The summed E-state index contributed by atoms with van der Waals surface area (Å²) in [6.45, 7) is 3.39. The third-order valence-electron chi connectivity index (χ3n) is 6.93. The first-order valence-electron chi connectivity index (χ1n) is 11.0. The lowest BCUT2D eigenvalue weighted by atomic mass is 9.49. The van der Waals surface area contributed by atoms with Crippen LogP contribution in [0, 0.1) is 19.8 Å². The summed E-state index contributed by atoms with van der Waals surface area (Å²) in [4.78, 5) is 4.77. The fourth-order valence-corrected chi connectivity index (χ4v) is 4.89. The maximum absolute atomic E-state index is 13.8. The number of halogens is 3. The molecule has 4 aromatic heterocycles. The molecule has 0 amide bonds. The molecule has 6 nitrogen and oxygen atoms in total. The molecule has 5 rings (SSSR count). The summed E-state index contributed by atoms with van der Waals surface area (Å²) in [5.41, 5.74) is 5.71. The summed E-state index contributed by atoms with van der Waals surface area (Å²) < 4.78 is 49.2. The van der Waals surface area contributed by atoms with E-state index in [0.717, 1.165) is 39.0 Å². The molecule has 4 aromatic rings. The van der Waals surface area contributed by atoms with Gasteiger partial charge in [-0.25, -0.2) is 13.2 Å². The van der Waals surface area contributed by atoms with Gasteiger partial charge in [0.25, 0.3) is 0 Å². The maximum atomic E-state index is 13.8. The first kappa shape index (κ1) is 21.9. The highest BCUT2D eigenvalue weighted by Gasteiger charge is 2.52. The molecular weight excluding hydrogens is 429 g/mol. The van der Waals surface area contributed by atoms with Crippen LogP contribution >= 0.6 is 0 Å². The summed E-state index contributed by atoms with van der Waals surface area (Å²) in [7, 11) is 3.98. The molecule has 0 unspecified atom stereocenters. The molecule has 0 spiro atoms. The van der Waals surface area contributed by atoms with E-state index in [4.69, 9.17) is 9.51 Å². The van der Waals surface area contributed by atoms with E-state index in [9.17, 15) is 13.2 Å². The zero-order valence-electron chi connectivity index (χ0n) is 19.1. The molecule has 1 saturated carbocycles. The molecule has 0 N–H and O–H groups in total. The summed E-state index contributed by atoms with van der Waals surface area (Å²) >= 11 is 0. The maximum Gasteiger partial charge on any atom is 0.248 e. The van der Waals surface area contributed by atoms with Crippen molar-refractivity contribution in [2.75, 3.05) is 6.67 Å². The van der Waals surface area contributed by atoms with Crippen LogP contribution in [-0.4, -0.2) is 52.8 Å². The van der Waals surface area contributed by atoms with Gasteiger partial charge in [-0.2, -0.15) is 5.10 Å². The number of hydrogen-bond acceptors (Lipinski definition) is 4. The van der Waals surface area contributed by atoms with Crippen molar-refractivity contribution >= 4 is 26.7 Å². The van der Waals surface area contributed by atoms with E-state index in [-0.39, 0.29) is 25.3 Å². The summed E-state index contributed by atoms with van der Waals surface area (Å²) in [6, 6.07) is 2.02. The second-order valence-corrected chi connectivity index (χ2v) is 9.50. The minimum atomic E-state index is -2.61. The van der Waals surface area contributed by atoms with Gasteiger partial charge in [-0.05, 0) is 31.2 Å². The molecule has 11 heteroatoms. The molecule has 0 atom stereocenters. The number of aryl methyl sites for hydroxylation is 3. The predicted octanol–water partition coefficient (Wildman–Crippen LogP) is 3.06. The van der Waals surface area contributed by atoms with Crippen molar-refractivity contribution in [3.8, 4) is 22.3 Å². The standard InChI is InChI=1S/C22H24B2F3N5O/c1-12-19(13(2)33-30-12)14-5-18-20(28-8-14)17(15-9-29-31(10-15)4-3-25)11-32(18)22(23,24)16-6-21(26,27)7-16/h5,8-11,16H,3-4,6-7,23-24H2,1-2H3. The monoisotopic (exact) mass is 453 g/mol. The average molecular weight is 453 g/mol. The second kappa shape index (κ2) is 7.53. The molecular formula is C22H24B2F3N5O. The van der Waals surface area contributed by atoms with Crippen LogP contribution in [0.15, 0.2) is 35.4 Å². The van der Waals surface area contributed by atoms with Crippen LogP contribution in [0.1, 0.15) is 24.3 Å². The van der Waals surface area contributed by atoms with Gasteiger partial charge in [0.2, 0.25) is 5.92 Å². The van der Waals surface area contributed by atoms with E-state index in [1.54, 1.807) is 23.3 Å². The smallest absolute Gasteiger partial charge is 0.248 e. The molecule has 1 fully saturated rings. The Morgan fingerprint density at radius 1 is 1.18 bits per heavy atom. The third kappa shape index (κ3) is 3.57. The van der Waals surface area contributed by atoms with Crippen LogP contribution in [-0.2, 0) is 11.9 Å². The van der Waals surface area contributed by atoms with Crippen LogP contribution in [0.3, 0.4) is 0 Å². The summed E-state index contributed by atoms with van der Waals surface area (Å²) in [5.74, 6) is -2.09. The molecule has 0 radical (unpaired) electrons. The Morgan fingerprint density at radius 3 is 2.58 bits per heavy atom. The number of alkyl halides is 3. The van der Waals surface area contributed by atoms with E-state index in [0.29, 0.717) is 5.76 Å². The van der Waals surface area contributed by atoms with Gasteiger partial charge in [-0.15, -0.1) is 0 Å². The molecule has 33 heavy (non-hydrogen) atoms. The predicted molar refractivity (Wildman–Crippen MR) is 125 cm³/mol. The number of fused-ring (bicyclic) bond motifs is 1. The van der Waals surface area contributed by atoms with Gasteiger partial charge in [0.05, 0.1) is 29.5 Å². The Hall–Kier alpha value is -2.97. The van der Waals surface area contributed by atoms with E-state index in [1.165, 1.54) is 0 Å². The number of rotatable bonds is 6. The Balaban J connectivity index is 1.69. The van der Waals surface area contributed by atoms with Crippen molar-refractivity contribution < 1.29 is 17.7 Å². The molecule has 0 saturated heterocycles. The first-order valence-corrected chi connectivity index (χ1v) is 11.0. The van der Waals surface area contributed by atoms with Gasteiger partial charge in [0.1, 0.15) is 28.1 Å². The van der Waals surface area contributed by atoms with Crippen LogP contribution in [0.2, 0.25) is 0 Å². The minimum absolute atomic E-state index is 0.138. The van der Waals surface area contributed by atoms with Crippen LogP contribution < -0.4 is 0 Å². The molecule has 4 heterocycles. The largest absolute Gasteiger partial charge is 0.361 e. The van der Waals surface area contributed by atoms with Crippen molar-refractivity contribution in [1.82, 2.24) is 24.5 Å². The van der Waals surface area contributed by atoms with Crippen molar-refractivity contribution in [3.63, 3.8) is 0 Å². The highest BCUT2D eigenvalue weighted by atomic mass is 19.3. The fourth-order valence-electron chi connectivity index (χ4n) is 4.89. The fraction of sp³-hybridized carbons (Fsp3) is 0.409. The zero-order valence-corrected chi connectivity index (χ0v) is 19.1. The van der Waals surface area contributed by atoms with Gasteiger partial charge in [0, 0.05) is 53.7 Å². The highest BCUT2D eigenvalue weighted by Crippen LogP contribution is 2.49. The second-order valence-electron chi connectivity index (χ2n) is 9.50. The van der Waals surface area contributed by atoms with Crippen LogP contribution in [0.5, 0.6) is 0 Å². The normalized spacial score (nSPS) is 16.4. The first-order chi connectivity index (χ1) is 15.6. The summed E-state index contributed by atoms with van der Waals surface area (Å²) in [5, 5.41) is 7.73. The molecule has 0 aliphatic heterocycles. The number of nitrogens with zero attached hydrogens (tertiary/aromatic N) is 5. The molecule has 1 aliphatic carbocycles.